The number of rotatable bonds is 6. The highest BCUT2D eigenvalue weighted by molar-refractivity contribution is 7.54. The first-order valence-corrected chi connectivity index (χ1v) is 7.89. The van der Waals surface area contributed by atoms with Crippen LogP contribution >= 0.6 is 7.60 Å². The highest BCUT2D eigenvalue weighted by Gasteiger charge is 2.60. The molecular formula is C11H19O7P. The smallest absolute Gasteiger partial charge is 0.332 e. The summed E-state index contributed by atoms with van der Waals surface area (Å²) >= 11 is 0. The molecule has 1 unspecified atom stereocenters. The van der Waals surface area contributed by atoms with Gasteiger partial charge in [0.05, 0.1) is 32.6 Å². The topological polar surface area (TPSA) is 88.1 Å². The third-order valence-electron chi connectivity index (χ3n) is 2.63. The molecule has 19 heavy (non-hydrogen) atoms. The van der Waals surface area contributed by atoms with Crippen LogP contribution in [0.1, 0.15) is 20.8 Å². The number of carbonyl (C=O) groups excluding carboxylic acids is 2. The molecule has 7 nitrogen and oxygen atoms in total. The van der Waals surface area contributed by atoms with E-state index in [1.807, 2.05) is 0 Å². The van der Waals surface area contributed by atoms with E-state index in [0.717, 1.165) is 0 Å². The van der Waals surface area contributed by atoms with Crippen LogP contribution in [0.4, 0.5) is 0 Å². The molecule has 0 aromatic carbocycles. The van der Waals surface area contributed by atoms with Gasteiger partial charge in [0, 0.05) is 0 Å². The fourth-order valence-electron chi connectivity index (χ4n) is 1.78. The molecule has 0 amide bonds. The minimum atomic E-state index is -3.45. The largest absolute Gasteiger partial charge is 0.465 e. The summed E-state index contributed by atoms with van der Waals surface area (Å²) in [5, 5.41) is 0. The normalized spacial score (nSPS) is 25.0. The maximum absolute atomic E-state index is 12.2. The molecule has 0 spiro atoms. The van der Waals surface area contributed by atoms with E-state index in [1.54, 1.807) is 20.8 Å². The Bertz CT molecular complexity index is 375. The minimum Gasteiger partial charge on any atom is -0.465 e. The summed E-state index contributed by atoms with van der Waals surface area (Å²) in [6.07, 6.45) is -0.342. The Morgan fingerprint density at radius 3 is 2.05 bits per heavy atom. The summed E-state index contributed by atoms with van der Waals surface area (Å²) in [5.74, 6) is -1.57. The van der Waals surface area contributed by atoms with Gasteiger partial charge in [-0.25, -0.2) is 0 Å². The molecule has 1 saturated heterocycles. The molecule has 8 heteroatoms. The molecule has 1 aliphatic heterocycles. The zero-order chi connectivity index (χ0) is 14.5. The molecule has 110 valence electrons. The van der Waals surface area contributed by atoms with Crippen LogP contribution < -0.4 is 0 Å². The average Bonchev–Trinajstić information content (AvgIpc) is 2.70. The first-order chi connectivity index (χ1) is 8.94. The van der Waals surface area contributed by atoms with Crippen molar-refractivity contribution in [1.82, 2.24) is 0 Å². The van der Waals surface area contributed by atoms with E-state index in [1.165, 1.54) is 0 Å². The molecule has 1 heterocycles. The lowest BCUT2D eigenvalue weighted by Gasteiger charge is -2.21. The van der Waals surface area contributed by atoms with Gasteiger partial charge in [-0.15, -0.1) is 0 Å². The van der Waals surface area contributed by atoms with Crippen LogP contribution in [0, 0.1) is 5.41 Å². The van der Waals surface area contributed by atoms with Crippen molar-refractivity contribution in [2.75, 3.05) is 32.6 Å². The first-order valence-electron chi connectivity index (χ1n) is 6.16. The molecule has 1 rings (SSSR count). The fourth-order valence-corrected chi connectivity index (χ4v) is 3.86. The van der Waals surface area contributed by atoms with Gasteiger partial charge in [0.25, 0.3) is 0 Å². The van der Waals surface area contributed by atoms with E-state index in [9.17, 15) is 14.2 Å². The van der Waals surface area contributed by atoms with Crippen LogP contribution in [-0.2, 0) is 32.7 Å². The van der Waals surface area contributed by atoms with E-state index in [4.69, 9.17) is 18.5 Å². The molecule has 0 radical (unpaired) electrons. The van der Waals surface area contributed by atoms with Gasteiger partial charge in [-0.3, -0.25) is 14.2 Å². The maximum atomic E-state index is 12.2. The lowest BCUT2D eigenvalue weighted by Crippen LogP contribution is -2.44. The summed E-state index contributed by atoms with van der Waals surface area (Å²) in [6.45, 7) is 4.93. The standard InChI is InChI=1S/C11H19O7P/c1-4-15-9(12)11(10(13)16-5-2)7-18-19(14,8-11)17-6-3/h4-8H2,1-3H3. The molecule has 0 N–H and O–H groups in total. The highest BCUT2D eigenvalue weighted by atomic mass is 31.2. The van der Waals surface area contributed by atoms with Gasteiger partial charge < -0.3 is 18.5 Å². The molecule has 1 aliphatic rings. The number of hydrogen-bond acceptors (Lipinski definition) is 7. The van der Waals surface area contributed by atoms with E-state index in [2.05, 4.69) is 0 Å². The van der Waals surface area contributed by atoms with Crippen LogP contribution in [-0.4, -0.2) is 44.5 Å². The van der Waals surface area contributed by atoms with Crippen LogP contribution in [0.3, 0.4) is 0 Å². The molecule has 0 saturated carbocycles. The van der Waals surface area contributed by atoms with E-state index in [0.29, 0.717) is 0 Å². The van der Waals surface area contributed by atoms with E-state index in [-0.39, 0.29) is 32.6 Å². The van der Waals surface area contributed by atoms with Crippen molar-refractivity contribution in [2.24, 2.45) is 5.41 Å². The minimum absolute atomic E-state index is 0.110. The Labute approximate surface area is 112 Å². The lowest BCUT2D eigenvalue weighted by molar-refractivity contribution is -0.170. The van der Waals surface area contributed by atoms with Crippen molar-refractivity contribution < 1.29 is 32.7 Å². The summed E-state index contributed by atoms with van der Waals surface area (Å²) < 4.78 is 32.0. The second-order valence-corrected chi connectivity index (χ2v) is 6.04. The van der Waals surface area contributed by atoms with Crippen LogP contribution in [0.15, 0.2) is 0 Å². The molecule has 0 bridgehead atoms. The number of esters is 2. The Hall–Kier alpha value is -0.910. The lowest BCUT2D eigenvalue weighted by atomic mass is 9.92. The Balaban J connectivity index is 2.99. The van der Waals surface area contributed by atoms with Crippen molar-refractivity contribution >= 4 is 19.5 Å². The molecule has 0 aliphatic carbocycles. The third-order valence-corrected chi connectivity index (χ3v) is 4.73. The molecule has 0 aromatic heterocycles. The van der Waals surface area contributed by atoms with Gasteiger partial charge in [0.15, 0.2) is 5.41 Å². The zero-order valence-corrected chi connectivity index (χ0v) is 12.2. The van der Waals surface area contributed by atoms with Crippen LogP contribution in [0.5, 0.6) is 0 Å². The Morgan fingerprint density at radius 1 is 1.11 bits per heavy atom. The van der Waals surface area contributed by atoms with Crippen molar-refractivity contribution in [1.29, 1.82) is 0 Å². The fraction of sp³-hybridized carbons (Fsp3) is 0.818. The average molecular weight is 294 g/mol. The van der Waals surface area contributed by atoms with Gasteiger partial charge in [-0.2, -0.15) is 0 Å². The molecule has 0 aromatic rings. The quantitative estimate of drug-likeness (QED) is 0.415. The number of carbonyl (C=O) groups is 2. The van der Waals surface area contributed by atoms with Crippen molar-refractivity contribution in [2.45, 2.75) is 20.8 Å². The molecule has 1 fully saturated rings. The van der Waals surface area contributed by atoms with Gasteiger partial charge in [-0.05, 0) is 20.8 Å². The highest BCUT2D eigenvalue weighted by Crippen LogP contribution is 2.59. The van der Waals surface area contributed by atoms with Crippen molar-refractivity contribution in [3.63, 3.8) is 0 Å². The number of hydrogen-bond donors (Lipinski definition) is 0. The van der Waals surface area contributed by atoms with Crippen LogP contribution in [0.2, 0.25) is 0 Å². The Kier molecular flexibility index (Phi) is 5.52. The van der Waals surface area contributed by atoms with E-state index < -0.39 is 24.9 Å². The summed E-state index contributed by atoms with van der Waals surface area (Å²) in [4.78, 5) is 24.0. The predicted molar refractivity (Wildman–Crippen MR) is 65.8 cm³/mol. The van der Waals surface area contributed by atoms with Crippen molar-refractivity contribution in [3.05, 3.63) is 0 Å². The zero-order valence-electron chi connectivity index (χ0n) is 11.3. The maximum Gasteiger partial charge on any atom is 0.332 e. The SMILES string of the molecule is CCOC(=O)C1(C(=O)OCC)COP(=O)(OCC)C1. The second-order valence-electron chi connectivity index (χ2n) is 3.98. The van der Waals surface area contributed by atoms with Crippen LogP contribution in [0.25, 0.3) is 0 Å². The number of ether oxygens (including phenoxy) is 2. The Morgan fingerprint density at radius 2 is 1.63 bits per heavy atom. The van der Waals surface area contributed by atoms with Gasteiger partial charge in [0.2, 0.25) is 0 Å². The molecule has 1 atom stereocenters. The summed E-state index contributed by atoms with van der Waals surface area (Å²) in [5.41, 5.74) is -1.68. The first kappa shape index (κ1) is 16.1. The summed E-state index contributed by atoms with van der Waals surface area (Å²) in [6, 6.07) is 0. The van der Waals surface area contributed by atoms with Gasteiger partial charge in [0.1, 0.15) is 0 Å². The second kappa shape index (κ2) is 6.50. The predicted octanol–water partition coefficient (Wildman–Crippen LogP) is 1.36. The van der Waals surface area contributed by atoms with E-state index >= 15 is 0 Å². The van der Waals surface area contributed by atoms with Crippen molar-refractivity contribution in [3.8, 4) is 0 Å². The van der Waals surface area contributed by atoms with Gasteiger partial charge in [-0.1, -0.05) is 0 Å². The third kappa shape index (κ3) is 3.35. The van der Waals surface area contributed by atoms with Gasteiger partial charge >= 0.3 is 19.5 Å². The monoisotopic (exact) mass is 294 g/mol. The summed E-state index contributed by atoms with van der Waals surface area (Å²) in [7, 11) is -3.45. The molecular weight excluding hydrogens is 275 g/mol.